The van der Waals surface area contributed by atoms with E-state index in [1.807, 2.05) is 26.8 Å². The van der Waals surface area contributed by atoms with E-state index in [1.165, 1.54) is 0 Å². The number of benzene rings is 1. The molecule has 0 heterocycles. The molecule has 84 valence electrons. The van der Waals surface area contributed by atoms with E-state index in [2.05, 4.69) is 0 Å². The monoisotopic (exact) mass is 227 g/mol. The van der Waals surface area contributed by atoms with E-state index in [9.17, 15) is 8.42 Å². The minimum absolute atomic E-state index is 0.0103. The van der Waals surface area contributed by atoms with Crippen molar-refractivity contribution in [3.63, 3.8) is 0 Å². The predicted molar refractivity (Wildman–Crippen MR) is 61.8 cm³/mol. The zero-order valence-corrected chi connectivity index (χ0v) is 10.2. The summed E-state index contributed by atoms with van der Waals surface area (Å²) in [6, 6.07) is 3.63. The largest absolute Gasteiger partial charge is 0.329 e. The van der Waals surface area contributed by atoms with Gasteiger partial charge < -0.3 is 5.73 Å². The second kappa shape index (κ2) is 4.33. The van der Waals surface area contributed by atoms with E-state index in [4.69, 9.17) is 5.73 Å². The van der Waals surface area contributed by atoms with Crippen LogP contribution in [0.3, 0.4) is 0 Å². The highest BCUT2D eigenvalue weighted by atomic mass is 32.2. The molecule has 1 rings (SSSR count). The number of nitrogens with two attached hydrogens (primary N) is 1. The smallest absolute Gasteiger partial charge is 0.179 e. The van der Waals surface area contributed by atoms with Gasteiger partial charge in [-0.3, -0.25) is 0 Å². The summed E-state index contributed by atoms with van der Waals surface area (Å²) in [5.74, 6) is 0.0103. The summed E-state index contributed by atoms with van der Waals surface area (Å²) in [4.78, 5) is 0.413. The second-order valence-corrected chi connectivity index (χ2v) is 5.89. The van der Waals surface area contributed by atoms with E-state index in [1.54, 1.807) is 6.07 Å². The van der Waals surface area contributed by atoms with Crippen LogP contribution in [0.15, 0.2) is 17.0 Å². The molecule has 0 spiro atoms. The van der Waals surface area contributed by atoms with Crippen LogP contribution in [0.2, 0.25) is 0 Å². The molecule has 0 atom stereocenters. The van der Waals surface area contributed by atoms with Crippen molar-refractivity contribution in [3.8, 4) is 0 Å². The minimum atomic E-state index is -3.21. The topological polar surface area (TPSA) is 60.2 Å². The molecule has 0 aliphatic carbocycles. The molecule has 0 fully saturated rings. The molecule has 1 aromatic rings. The van der Waals surface area contributed by atoms with Gasteiger partial charge in [0.15, 0.2) is 9.84 Å². The normalized spacial score (nSPS) is 11.7. The van der Waals surface area contributed by atoms with Crippen LogP contribution in [0.4, 0.5) is 0 Å². The minimum Gasteiger partial charge on any atom is -0.329 e. The SMILES string of the molecule is Cc1cc(C)c(S(=O)(=O)CCN)cc1C. The van der Waals surface area contributed by atoms with Crippen molar-refractivity contribution < 1.29 is 8.42 Å². The van der Waals surface area contributed by atoms with E-state index in [-0.39, 0.29) is 12.3 Å². The van der Waals surface area contributed by atoms with Gasteiger partial charge in [-0.05, 0) is 43.5 Å². The van der Waals surface area contributed by atoms with Gasteiger partial charge in [0.2, 0.25) is 0 Å². The van der Waals surface area contributed by atoms with E-state index < -0.39 is 9.84 Å². The van der Waals surface area contributed by atoms with Crippen LogP contribution in [0, 0.1) is 20.8 Å². The van der Waals surface area contributed by atoms with E-state index in [0.29, 0.717) is 4.90 Å². The van der Waals surface area contributed by atoms with Gasteiger partial charge in [0.25, 0.3) is 0 Å². The molecule has 1 aromatic carbocycles. The molecular formula is C11H17NO2S. The van der Waals surface area contributed by atoms with Gasteiger partial charge in [0.1, 0.15) is 0 Å². The fourth-order valence-corrected chi connectivity index (χ4v) is 2.97. The molecule has 2 N–H and O–H groups in total. The lowest BCUT2D eigenvalue weighted by Gasteiger charge is -2.09. The first-order valence-corrected chi connectivity index (χ1v) is 6.54. The lowest BCUT2D eigenvalue weighted by Crippen LogP contribution is -2.16. The lowest BCUT2D eigenvalue weighted by molar-refractivity contribution is 0.595. The van der Waals surface area contributed by atoms with Gasteiger partial charge in [-0.25, -0.2) is 8.42 Å². The van der Waals surface area contributed by atoms with Gasteiger partial charge >= 0.3 is 0 Å². The number of hydrogen-bond acceptors (Lipinski definition) is 3. The lowest BCUT2D eigenvalue weighted by atomic mass is 10.1. The quantitative estimate of drug-likeness (QED) is 0.847. The summed E-state index contributed by atoms with van der Waals surface area (Å²) in [6.45, 7) is 5.86. The van der Waals surface area contributed by atoms with Crippen LogP contribution in [0.1, 0.15) is 16.7 Å². The summed E-state index contributed by atoms with van der Waals surface area (Å²) in [5, 5.41) is 0. The molecule has 15 heavy (non-hydrogen) atoms. The maximum Gasteiger partial charge on any atom is 0.179 e. The molecule has 0 aliphatic rings. The molecule has 0 saturated heterocycles. The third kappa shape index (κ3) is 2.58. The Hall–Kier alpha value is -0.870. The molecule has 0 aromatic heterocycles. The molecule has 3 nitrogen and oxygen atoms in total. The molecular weight excluding hydrogens is 210 g/mol. The van der Waals surface area contributed by atoms with Crippen LogP contribution in [0.5, 0.6) is 0 Å². The fraction of sp³-hybridized carbons (Fsp3) is 0.455. The van der Waals surface area contributed by atoms with Crippen molar-refractivity contribution in [3.05, 3.63) is 28.8 Å². The highest BCUT2D eigenvalue weighted by molar-refractivity contribution is 7.91. The first-order chi connectivity index (χ1) is 6.88. The zero-order chi connectivity index (χ0) is 11.6. The Morgan fingerprint density at radius 3 is 2.13 bits per heavy atom. The molecule has 0 radical (unpaired) electrons. The van der Waals surface area contributed by atoms with Crippen molar-refractivity contribution in [1.29, 1.82) is 0 Å². The molecule has 0 bridgehead atoms. The van der Waals surface area contributed by atoms with Crippen molar-refractivity contribution in [2.75, 3.05) is 12.3 Å². The highest BCUT2D eigenvalue weighted by Gasteiger charge is 2.16. The van der Waals surface area contributed by atoms with Gasteiger partial charge in [0.05, 0.1) is 10.6 Å². The first-order valence-electron chi connectivity index (χ1n) is 4.89. The van der Waals surface area contributed by atoms with E-state index >= 15 is 0 Å². The van der Waals surface area contributed by atoms with Crippen molar-refractivity contribution in [2.24, 2.45) is 5.73 Å². The number of rotatable bonds is 3. The van der Waals surface area contributed by atoms with Crippen LogP contribution in [-0.2, 0) is 9.84 Å². The maximum atomic E-state index is 11.8. The van der Waals surface area contributed by atoms with Gasteiger partial charge in [-0.1, -0.05) is 6.07 Å². The van der Waals surface area contributed by atoms with Crippen molar-refractivity contribution in [1.82, 2.24) is 0 Å². The Morgan fingerprint density at radius 2 is 1.60 bits per heavy atom. The molecule has 0 saturated carbocycles. The summed E-state index contributed by atoms with van der Waals surface area (Å²) in [6.07, 6.45) is 0. The second-order valence-electron chi connectivity index (χ2n) is 3.81. The average molecular weight is 227 g/mol. The van der Waals surface area contributed by atoms with Crippen molar-refractivity contribution in [2.45, 2.75) is 25.7 Å². The Bertz CT molecular complexity index is 464. The maximum absolute atomic E-state index is 11.8. The molecule has 0 amide bonds. The molecule has 0 unspecified atom stereocenters. The number of sulfone groups is 1. The number of aryl methyl sites for hydroxylation is 3. The van der Waals surface area contributed by atoms with Crippen molar-refractivity contribution >= 4 is 9.84 Å². The Kier molecular flexibility index (Phi) is 3.52. The Balaban J connectivity index is 3.33. The third-order valence-electron chi connectivity index (χ3n) is 2.51. The highest BCUT2D eigenvalue weighted by Crippen LogP contribution is 2.20. The third-order valence-corrected chi connectivity index (χ3v) is 4.40. The van der Waals surface area contributed by atoms with Crippen LogP contribution < -0.4 is 5.73 Å². The Morgan fingerprint density at radius 1 is 1.07 bits per heavy atom. The molecule has 0 aliphatic heterocycles. The van der Waals surface area contributed by atoms with Gasteiger partial charge in [0, 0.05) is 6.54 Å². The average Bonchev–Trinajstić information content (AvgIpc) is 2.11. The fourth-order valence-electron chi connectivity index (χ4n) is 1.53. The molecule has 4 heteroatoms. The number of hydrogen-bond donors (Lipinski definition) is 1. The summed E-state index contributed by atoms with van der Waals surface area (Å²) in [5.41, 5.74) is 8.20. The van der Waals surface area contributed by atoms with Crippen LogP contribution in [0.25, 0.3) is 0 Å². The van der Waals surface area contributed by atoms with Gasteiger partial charge in [-0.15, -0.1) is 0 Å². The van der Waals surface area contributed by atoms with Crippen LogP contribution >= 0.6 is 0 Å². The van der Waals surface area contributed by atoms with Crippen LogP contribution in [-0.4, -0.2) is 20.7 Å². The summed E-state index contributed by atoms with van der Waals surface area (Å²) < 4.78 is 23.7. The predicted octanol–water partition coefficient (Wildman–Crippen LogP) is 1.34. The Labute approximate surface area is 91.2 Å². The zero-order valence-electron chi connectivity index (χ0n) is 9.37. The summed E-state index contributed by atoms with van der Waals surface area (Å²) >= 11 is 0. The standard InChI is InChI=1S/C11H17NO2S/c1-8-6-10(3)11(7-9(8)2)15(13,14)5-4-12/h6-7H,4-5,12H2,1-3H3. The summed E-state index contributed by atoms with van der Waals surface area (Å²) in [7, 11) is -3.21. The van der Waals surface area contributed by atoms with Gasteiger partial charge in [-0.2, -0.15) is 0 Å². The first kappa shape index (κ1) is 12.2. The van der Waals surface area contributed by atoms with E-state index in [0.717, 1.165) is 16.7 Å².